The predicted molar refractivity (Wildman–Crippen MR) is 97.1 cm³/mol. The van der Waals surface area contributed by atoms with Crippen molar-refractivity contribution < 1.29 is 9.47 Å². The van der Waals surface area contributed by atoms with E-state index in [0.29, 0.717) is 39.7 Å². The number of ether oxygens (including phenoxy) is 2. The van der Waals surface area contributed by atoms with Gasteiger partial charge >= 0.3 is 0 Å². The molecule has 0 amide bonds. The molecule has 2 N–H and O–H groups in total. The second kappa shape index (κ2) is 6.65. The quantitative estimate of drug-likeness (QED) is 0.684. The number of anilines is 1. The topological polar surface area (TPSA) is 93.5 Å². The number of fused-ring (bicyclic) bond motifs is 1. The number of nitrogens with two attached hydrogens (primary N) is 1. The minimum absolute atomic E-state index is 0.114. The number of nitriles is 1. The second-order valence-corrected chi connectivity index (χ2v) is 5.64. The van der Waals surface area contributed by atoms with E-state index in [1.807, 2.05) is 25.1 Å². The molecule has 6 heteroatoms. The average molecular weight is 334 g/mol. The number of benzene rings is 1. The molecule has 126 valence electrons. The van der Waals surface area contributed by atoms with E-state index in [4.69, 9.17) is 15.2 Å². The van der Waals surface area contributed by atoms with Gasteiger partial charge in [0, 0.05) is 30.3 Å². The molecule has 2 heterocycles. The molecule has 0 spiro atoms. The molecule has 0 saturated heterocycles. The standard InChI is InChI=1S/C19H18N4O2/c1-4-11(2)18-13(8-20)17(14(9-22-3)19(21)23-18)12-5-6-15-16(7-12)25-10-24-15/h4-7,9,11H,1,10H2,2-3H3,(H2,21,23). The van der Waals surface area contributed by atoms with Crippen LogP contribution in [0.1, 0.15) is 29.7 Å². The summed E-state index contributed by atoms with van der Waals surface area (Å²) in [4.78, 5) is 8.49. The maximum Gasteiger partial charge on any atom is 0.231 e. The molecule has 3 rings (SSSR count). The van der Waals surface area contributed by atoms with Crippen LogP contribution < -0.4 is 15.2 Å². The van der Waals surface area contributed by atoms with Crippen LogP contribution in [0.5, 0.6) is 11.5 Å². The second-order valence-electron chi connectivity index (χ2n) is 5.64. The van der Waals surface area contributed by atoms with Crippen LogP contribution in [0.4, 0.5) is 5.82 Å². The van der Waals surface area contributed by atoms with Crippen molar-refractivity contribution in [3.05, 3.63) is 47.7 Å². The molecule has 25 heavy (non-hydrogen) atoms. The summed E-state index contributed by atoms with van der Waals surface area (Å²) in [6, 6.07) is 7.80. The Balaban J connectivity index is 2.34. The lowest BCUT2D eigenvalue weighted by Gasteiger charge is -2.17. The Bertz CT molecular complexity index is 913. The van der Waals surface area contributed by atoms with E-state index in [-0.39, 0.29) is 12.7 Å². The number of rotatable bonds is 4. The SMILES string of the molecule is C=CC(C)c1nc(N)c(C=NC)c(-c2ccc3c(c2)OCO3)c1C#N. The molecule has 1 atom stereocenters. The van der Waals surface area contributed by atoms with Gasteiger partial charge in [0.1, 0.15) is 11.9 Å². The van der Waals surface area contributed by atoms with Crippen LogP contribution in [0.25, 0.3) is 11.1 Å². The molecule has 0 aliphatic carbocycles. The molecule has 0 saturated carbocycles. The molecule has 1 aromatic carbocycles. The Morgan fingerprint density at radius 2 is 2.16 bits per heavy atom. The van der Waals surface area contributed by atoms with Crippen molar-refractivity contribution in [1.29, 1.82) is 5.26 Å². The van der Waals surface area contributed by atoms with Crippen LogP contribution >= 0.6 is 0 Å². The monoisotopic (exact) mass is 334 g/mol. The Kier molecular flexibility index (Phi) is 4.40. The van der Waals surface area contributed by atoms with Crippen LogP contribution in [0.3, 0.4) is 0 Å². The number of nitrogen functional groups attached to an aromatic ring is 1. The summed E-state index contributed by atoms with van der Waals surface area (Å²) in [7, 11) is 1.65. The smallest absolute Gasteiger partial charge is 0.231 e. The zero-order valence-corrected chi connectivity index (χ0v) is 14.1. The molecule has 6 nitrogen and oxygen atoms in total. The number of hydrogen-bond acceptors (Lipinski definition) is 6. The van der Waals surface area contributed by atoms with Crippen LogP contribution in [-0.4, -0.2) is 25.0 Å². The summed E-state index contributed by atoms with van der Waals surface area (Å²) < 4.78 is 10.8. The molecule has 1 aromatic heterocycles. The molecule has 1 aliphatic heterocycles. The Hall–Kier alpha value is -3.33. The van der Waals surface area contributed by atoms with Crippen LogP contribution in [0.2, 0.25) is 0 Å². The van der Waals surface area contributed by atoms with Gasteiger partial charge in [0.25, 0.3) is 0 Å². The highest BCUT2D eigenvalue weighted by Crippen LogP contribution is 2.40. The zero-order valence-electron chi connectivity index (χ0n) is 14.1. The number of pyridine rings is 1. The van der Waals surface area contributed by atoms with Gasteiger partial charge in [-0.15, -0.1) is 6.58 Å². The van der Waals surface area contributed by atoms with Gasteiger partial charge in [-0.3, -0.25) is 4.99 Å². The summed E-state index contributed by atoms with van der Waals surface area (Å²) in [5.41, 5.74) is 9.31. The number of hydrogen-bond donors (Lipinski definition) is 1. The molecule has 2 aromatic rings. The molecule has 0 fully saturated rings. The predicted octanol–water partition coefficient (Wildman–Crippen LogP) is 3.27. The van der Waals surface area contributed by atoms with Crippen molar-refractivity contribution in [2.75, 3.05) is 19.6 Å². The van der Waals surface area contributed by atoms with Crippen LogP contribution in [0, 0.1) is 11.3 Å². The average Bonchev–Trinajstić information content (AvgIpc) is 3.09. The maximum atomic E-state index is 9.82. The highest BCUT2D eigenvalue weighted by Gasteiger charge is 2.23. The first-order valence-electron chi connectivity index (χ1n) is 7.78. The molecule has 1 unspecified atom stereocenters. The van der Waals surface area contributed by atoms with Crippen molar-refractivity contribution >= 4 is 12.0 Å². The largest absolute Gasteiger partial charge is 0.454 e. The van der Waals surface area contributed by atoms with E-state index >= 15 is 0 Å². The lowest BCUT2D eigenvalue weighted by Crippen LogP contribution is -2.09. The van der Waals surface area contributed by atoms with Gasteiger partial charge in [0.15, 0.2) is 11.5 Å². The van der Waals surface area contributed by atoms with Gasteiger partial charge in [0.05, 0.1) is 11.3 Å². The fourth-order valence-electron chi connectivity index (χ4n) is 2.80. The highest BCUT2D eigenvalue weighted by molar-refractivity contribution is 5.98. The number of nitrogens with zero attached hydrogens (tertiary/aromatic N) is 3. The number of aliphatic imine (C=N–C) groups is 1. The molecule has 1 aliphatic rings. The fourth-order valence-corrected chi connectivity index (χ4v) is 2.80. The van der Waals surface area contributed by atoms with Crippen LogP contribution in [-0.2, 0) is 0 Å². The lowest BCUT2D eigenvalue weighted by molar-refractivity contribution is 0.174. The van der Waals surface area contributed by atoms with Crippen molar-refractivity contribution in [2.24, 2.45) is 4.99 Å². The van der Waals surface area contributed by atoms with Crippen molar-refractivity contribution in [2.45, 2.75) is 12.8 Å². The van der Waals surface area contributed by atoms with Gasteiger partial charge in [-0.2, -0.15) is 5.26 Å². The van der Waals surface area contributed by atoms with E-state index in [0.717, 1.165) is 5.56 Å². The first kappa shape index (κ1) is 16.5. The Labute approximate surface area is 146 Å². The lowest BCUT2D eigenvalue weighted by atomic mass is 9.90. The first-order valence-corrected chi connectivity index (χ1v) is 7.78. The molecule has 0 radical (unpaired) electrons. The van der Waals surface area contributed by atoms with Crippen molar-refractivity contribution in [3.8, 4) is 28.7 Å². The van der Waals surface area contributed by atoms with E-state index in [1.54, 1.807) is 19.3 Å². The minimum atomic E-state index is -0.114. The van der Waals surface area contributed by atoms with Gasteiger partial charge < -0.3 is 15.2 Å². The third-order valence-corrected chi connectivity index (χ3v) is 4.11. The first-order chi connectivity index (χ1) is 12.1. The van der Waals surface area contributed by atoms with E-state index in [2.05, 4.69) is 22.6 Å². The van der Waals surface area contributed by atoms with E-state index in [1.165, 1.54) is 0 Å². The summed E-state index contributed by atoms with van der Waals surface area (Å²) in [6.45, 7) is 5.91. The van der Waals surface area contributed by atoms with Gasteiger partial charge in [-0.1, -0.05) is 19.1 Å². The number of allylic oxidation sites excluding steroid dienone is 1. The third kappa shape index (κ3) is 2.81. The summed E-state index contributed by atoms with van der Waals surface area (Å²) in [5.74, 6) is 1.52. The molecule has 0 bridgehead atoms. The van der Waals surface area contributed by atoms with E-state index < -0.39 is 0 Å². The van der Waals surface area contributed by atoms with Gasteiger partial charge in [0.2, 0.25) is 6.79 Å². The van der Waals surface area contributed by atoms with Crippen molar-refractivity contribution in [1.82, 2.24) is 4.98 Å². The number of aromatic nitrogens is 1. The Morgan fingerprint density at radius 1 is 1.40 bits per heavy atom. The van der Waals surface area contributed by atoms with Gasteiger partial charge in [-0.05, 0) is 17.7 Å². The van der Waals surface area contributed by atoms with Crippen molar-refractivity contribution in [3.63, 3.8) is 0 Å². The summed E-state index contributed by atoms with van der Waals surface area (Å²) in [5, 5.41) is 9.82. The summed E-state index contributed by atoms with van der Waals surface area (Å²) in [6.07, 6.45) is 3.35. The zero-order chi connectivity index (χ0) is 18.0. The summed E-state index contributed by atoms with van der Waals surface area (Å²) >= 11 is 0. The van der Waals surface area contributed by atoms with E-state index in [9.17, 15) is 5.26 Å². The highest BCUT2D eigenvalue weighted by atomic mass is 16.7. The Morgan fingerprint density at radius 3 is 2.84 bits per heavy atom. The normalized spacial score (nSPS) is 13.6. The van der Waals surface area contributed by atoms with Gasteiger partial charge in [-0.25, -0.2) is 4.98 Å². The molecular formula is C19H18N4O2. The third-order valence-electron chi connectivity index (χ3n) is 4.11. The molecular weight excluding hydrogens is 316 g/mol. The maximum absolute atomic E-state index is 9.82. The van der Waals surface area contributed by atoms with Crippen LogP contribution in [0.15, 0.2) is 35.8 Å². The minimum Gasteiger partial charge on any atom is -0.454 e. The fraction of sp³-hybridized carbons (Fsp3) is 0.211.